The molecule has 5 heteroatoms. The minimum atomic E-state index is -0.398. The Hall–Kier alpha value is -1.62. The molecular weight excluding hydrogens is 238 g/mol. The van der Waals surface area contributed by atoms with Gasteiger partial charge in [0.05, 0.1) is 12.8 Å². The van der Waals surface area contributed by atoms with Crippen LogP contribution < -0.4 is 4.90 Å². The molecule has 1 amide bonds. The van der Waals surface area contributed by atoms with Crippen molar-refractivity contribution in [3.63, 3.8) is 0 Å². The van der Waals surface area contributed by atoms with Gasteiger partial charge in [0, 0.05) is 18.9 Å². The number of amides is 1. The third-order valence-electron chi connectivity index (χ3n) is 2.79. The Kier molecular flexibility index (Phi) is 3.28. The van der Waals surface area contributed by atoms with Crippen LogP contribution in [0.1, 0.15) is 16.1 Å². The van der Waals surface area contributed by atoms with E-state index in [1.807, 2.05) is 0 Å². The molecule has 1 aromatic rings. The molecular formula is C12H13NO3S. The molecule has 2 heterocycles. The summed E-state index contributed by atoms with van der Waals surface area (Å²) in [4.78, 5) is 25.5. The molecule has 0 bridgehead atoms. The van der Waals surface area contributed by atoms with Crippen molar-refractivity contribution in [1.29, 1.82) is 0 Å². The van der Waals surface area contributed by atoms with E-state index < -0.39 is 5.97 Å². The van der Waals surface area contributed by atoms with Gasteiger partial charge in [-0.2, -0.15) is 0 Å². The zero-order chi connectivity index (χ0) is 12.4. The lowest BCUT2D eigenvalue weighted by Gasteiger charge is -2.15. The number of esters is 1. The van der Waals surface area contributed by atoms with Crippen LogP contribution in [0.15, 0.2) is 24.1 Å². The first-order chi connectivity index (χ1) is 8.17. The highest BCUT2D eigenvalue weighted by atomic mass is 32.1. The molecule has 0 N–H and O–H groups in total. The summed E-state index contributed by atoms with van der Waals surface area (Å²) in [5.74, 6) is -0.212. The van der Waals surface area contributed by atoms with E-state index in [9.17, 15) is 9.59 Å². The van der Waals surface area contributed by atoms with Crippen molar-refractivity contribution in [1.82, 2.24) is 0 Å². The van der Waals surface area contributed by atoms with Crippen molar-refractivity contribution in [2.24, 2.45) is 5.92 Å². The molecule has 1 aliphatic heterocycles. The van der Waals surface area contributed by atoms with Crippen molar-refractivity contribution < 1.29 is 14.3 Å². The number of ether oxygens (including phenoxy) is 1. The van der Waals surface area contributed by atoms with E-state index in [-0.39, 0.29) is 11.8 Å². The molecule has 1 aromatic heterocycles. The lowest BCUT2D eigenvalue weighted by Crippen LogP contribution is -2.25. The molecule has 90 valence electrons. The molecule has 17 heavy (non-hydrogen) atoms. The van der Waals surface area contributed by atoms with Gasteiger partial charge in [0.15, 0.2) is 0 Å². The van der Waals surface area contributed by atoms with Gasteiger partial charge < -0.3 is 9.64 Å². The van der Waals surface area contributed by atoms with Gasteiger partial charge >= 0.3 is 5.97 Å². The number of hydrogen-bond donors (Lipinski definition) is 0. The van der Waals surface area contributed by atoms with Gasteiger partial charge in [0.2, 0.25) is 5.91 Å². The molecule has 0 radical (unpaired) electrons. The second-order valence-electron chi connectivity index (χ2n) is 3.83. The van der Waals surface area contributed by atoms with Gasteiger partial charge in [0.1, 0.15) is 4.88 Å². The van der Waals surface area contributed by atoms with Crippen LogP contribution in [-0.2, 0) is 9.53 Å². The van der Waals surface area contributed by atoms with E-state index in [0.29, 0.717) is 23.5 Å². The largest absolute Gasteiger partial charge is 0.465 e. The van der Waals surface area contributed by atoms with Gasteiger partial charge in [-0.25, -0.2) is 4.79 Å². The standard InChI is InChI=1S/C12H13NO3S/c1-3-8-6-10(14)13(7-8)9-4-5-17-11(9)12(15)16-2/h3-5,8H,1,6-7H2,2H3. The summed E-state index contributed by atoms with van der Waals surface area (Å²) >= 11 is 1.29. The predicted octanol–water partition coefficient (Wildman–Crippen LogP) is 2.07. The molecule has 0 saturated carbocycles. The smallest absolute Gasteiger partial charge is 0.350 e. The number of anilines is 1. The average Bonchev–Trinajstić information content (AvgIpc) is 2.93. The van der Waals surface area contributed by atoms with E-state index in [1.54, 1.807) is 22.4 Å². The Morgan fingerprint density at radius 3 is 3.06 bits per heavy atom. The lowest BCUT2D eigenvalue weighted by molar-refractivity contribution is -0.117. The number of thiophene rings is 1. The van der Waals surface area contributed by atoms with Crippen molar-refractivity contribution in [2.45, 2.75) is 6.42 Å². The van der Waals surface area contributed by atoms with Crippen LogP contribution in [0, 0.1) is 5.92 Å². The molecule has 1 aliphatic rings. The van der Waals surface area contributed by atoms with Crippen LogP contribution in [0.3, 0.4) is 0 Å². The van der Waals surface area contributed by atoms with Crippen molar-refractivity contribution >= 4 is 28.9 Å². The normalized spacial score (nSPS) is 19.5. The molecule has 1 unspecified atom stereocenters. The molecule has 1 fully saturated rings. The van der Waals surface area contributed by atoms with Crippen LogP contribution in [0.2, 0.25) is 0 Å². The minimum Gasteiger partial charge on any atom is -0.465 e. The molecule has 4 nitrogen and oxygen atoms in total. The summed E-state index contributed by atoms with van der Waals surface area (Å²) in [6.07, 6.45) is 2.24. The summed E-state index contributed by atoms with van der Waals surface area (Å²) in [5, 5.41) is 1.79. The summed E-state index contributed by atoms with van der Waals surface area (Å²) in [6.45, 7) is 4.29. The monoisotopic (exact) mass is 251 g/mol. The number of hydrogen-bond acceptors (Lipinski definition) is 4. The van der Waals surface area contributed by atoms with Gasteiger partial charge in [0.25, 0.3) is 0 Å². The fraction of sp³-hybridized carbons (Fsp3) is 0.333. The first-order valence-corrected chi connectivity index (χ1v) is 6.14. The molecule has 0 spiro atoms. The van der Waals surface area contributed by atoms with E-state index in [1.165, 1.54) is 18.4 Å². The van der Waals surface area contributed by atoms with Crippen LogP contribution in [0.5, 0.6) is 0 Å². The van der Waals surface area contributed by atoms with E-state index >= 15 is 0 Å². The van der Waals surface area contributed by atoms with Crippen LogP contribution >= 0.6 is 11.3 Å². The maximum Gasteiger partial charge on any atom is 0.350 e. The zero-order valence-electron chi connectivity index (χ0n) is 9.51. The number of methoxy groups -OCH3 is 1. The van der Waals surface area contributed by atoms with Crippen molar-refractivity contribution in [2.75, 3.05) is 18.6 Å². The minimum absolute atomic E-state index is 0.0263. The Bertz CT molecular complexity index is 466. The van der Waals surface area contributed by atoms with Crippen molar-refractivity contribution in [3.8, 4) is 0 Å². The van der Waals surface area contributed by atoms with Gasteiger partial charge in [-0.05, 0) is 11.4 Å². The highest BCUT2D eigenvalue weighted by Crippen LogP contribution is 2.32. The maximum absolute atomic E-state index is 11.8. The Morgan fingerprint density at radius 1 is 1.71 bits per heavy atom. The summed E-state index contributed by atoms with van der Waals surface area (Å²) in [6, 6.07) is 1.78. The third kappa shape index (κ3) is 2.10. The summed E-state index contributed by atoms with van der Waals surface area (Å²) in [7, 11) is 1.34. The molecule has 0 aromatic carbocycles. The highest BCUT2D eigenvalue weighted by Gasteiger charge is 2.31. The van der Waals surface area contributed by atoms with Gasteiger partial charge in [-0.3, -0.25) is 4.79 Å². The number of carbonyl (C=O) groups excluding carboxylic acids is 2. The first-order valence-electron chi connectivity index (χ1n) is 5.26. The van der Waals surface area contributed by atoms with Gasteiger partial charge in [-0.1, -0.05) is 6.08 Å². The molecule has 1 atom stereocenters. The van der Waals surface area contributed by atoms with Gasteiger partial charge in [-0.15, -0.1) is 17.9 Å². The Labute approximate surface area is 103 Å². The SMILES string of the molecule is C=CC1CC(=O)N(c2ccsc2C(=O)OC)C1. The second kappa shape index (κ2) is 4.71. The van der Waals surface area contributed by atoms with E-state index in [4.69, 9.17) is 4.74 Å². The quantitative estimate of drug-likeness (QED) is 0.610. The Morgan fingerprint density at radius 2 is 2.47 bits per heavy atom. The first kappa shape index (κ1) is 11.9. The molecule has 2 rings (SSSR count). The number of nitrogens with zero attached hydrogens (tertiary/aromatic N) is 1. The van der Waals surface area contributed by atoms with E-state index in [2.05, 4.69) is 6.58 Å². The highest BCUT2D eigenvalue weighted by molar-refractivity contribution is 7.12. The topological polar surface area (TPSA) is 46.6 Å². The molecule has 0 aliphatic carbocycles. The van der Waals surface area contributed by atoms with E-state index in [0.717, 1.165) is 0 Å². The Balaban J connectivity index is 2.29. The maximum atomic E-state index is 11.8. The lowest BCUT2D eigenvalue weighted by atomic mass is 10.1. The number of carbonyl (C=O) groups is 2. The average molecular weight is 251 g/mol. The number of rotatable bonds is 3. The van der Waals surface area contributed by atoms with Crippen LogP contribution in [0.25, 0.3) is 0 Å². The fourth-order valence-electron chi connectivity index (χ4n) is 1.89. The third-order valence-corrected chi connectivity index (χ3v) is 3.68. The second-order valence-corrected chi connectivity index (χ2v) is 4.75. The van der Waals surface area contributed by atoms with Crippen molar-refractivity contribution in [3.05, 3.63) is 29.0 Å². The predicted molar refractivity (Wildman–Crippen MR) is 66.3 cm³/mol. The molecule has 1 saturated heterocycles. The van der Waals surface area contributed by atoms with Crippen LogP contribution in [0.4, 0.5) is 5.69 Å². The zero-order valence-corrected chi connectivity index (χ0v) is 10.3. The summed E-state index contributed by atoms with van der Waals surface area (Å²) in [5.41, 5.74) is 0.649. The van der Waals surface area contributed by atoms with Crippen LogP contribution in [-0.4, -0.2) is 25.5 Å². The summed E-state index contributed by atoms with van der Waals surface area (Å²) < 4.78 is 4.70. The fourth-order valence-corrected chi connectivity index (χ4v) is 2.70.